The van der Waals surface area contributed by atoms with Gasteiger partial charge in [0.2, 0.25) is 0 Å². The van der Waals surface area contributed by atoms with Crippen LogP contribution in [0.3, 0.4) is 0 Å². The lowest BCUT2D eigenvalue weighted by Gasteiger charge is -2.45. The third-order valence-electron chi connectivity index (χ3n) is 7.12. The van der Waals surface area contributed by atoms with Crippen molar-refractivity contribution in [3.05, 3.63) is 144 Å². The molecule has 0 radical (unpaired) electrons. The number of hydrogen-bond donors (Lipinski definition) is 0. The number of rotatable bonds is 13. The van der Waals surface area contributed by atoms with E-state index in [1.807, 2.05) is 79.7 Å². The molecule has 4 aromatic carbocycles. The molecule has 1 saturated heterocycles. The molecular formula is C35H38O5. The van der Waals surface area contributed by atoms with E-state index in [-0.39, 0.29) is 24.4 Å². The fourth-order valence-corrected chi connectivity index (χ4v) is 5.02. The first-order valence-corrected chi connectivity index (χ1v) is 14.0. The molecule has 1 aliphatic rings. The topological polar surface area (TPSA) is 46.2 Å². The van der Waals surface area contributed by atoms with Crippen LogP contribution in [0.2, 0.25) is 0 Å². The minimum absolute atomic E-state index is 0.216. The minimum Gasteiger partial charge on any atom is -0.374 e. The summed E-state index contributed by atoms with van der Waals surface area (Å²) in [4.78, 5) is 0. The van der Waals surface area contributed by atoms with E-state index in [1.165, 1.54) is 0 Å². The Hall–Kier alpha value is -3.32. The average Bonchev–Trinajstić information content (AvgIpc) is 3.01. The van der Waals surface area contributed by atoms with Gasteiger partial charge in [0, 0.05) is 0 Å². The molecular weight excluding hydrogens is 500 g/mol. The van der Waals surface area contributed by atoms with Crippen LogP contribution in [0.4, 0.5) is 0 Å². The molecule has 0 saturated carbocycles. The van der Waals surface area contributed by atoms with Crippen molar-refractivity contribution in [3.8, 4) is 0 Å². The highest BCUT2D eigenvalue weighted by Crippen LogP contribution is 2.30. The van der Waals surface area contributed by atoms with Crippen LogP contribution in [0.25, 0.3) is 0 Å². The van der Waals surface area contributed by atoms with Crippen molar-refractivity contribution in [3.63, 3.8) is 0 Å². The SMILES string of the molecule is CC1OC(COCc2ccccc2)[C@@H](OCc2ccccc2)C(OCc2ccccc2)[C@@H]1OCc1ccccc1. The maximum absolute atomic E-state index is 6.65. The summed E-state index contributed by atoms with van der Waals surface area (Å²) in [6.45, 7) is 4.29. The Morgan fingerprint density at radius 3 is 1.30 bits per heavy atom. The van der Waals surface area contributed by atoms with Crippen molar-refractivity contribution in [1.29, 1.82) is 0 Å². The second kappa shape index (κ2) is 14.9. The highest BCUT2D eigenvalue weighted by atomic mass is 16.6. The zero-order valence-corrected chi connectivity index (χ0v) is 23.0. The molecule has 40 heavy (non-hydrogen) atoms. The molecule has 1 heterocycles. The lowest BCUT2D eigenvalue weighted by atomic mass is 9.94. The maximum atomic E-state index is 6.65. The van der Waals surface area contributed by atoms with Gasteiger partial charge in [0.1, 0.15) is 24.4 Å². The van der Waals surface area contributed by atoms with E-state index >= 15 is 0 Å². The molecule has 5 nitrogen and oxygen atoms in total. The van der Waals surface area contributed by atoms with Crippen molar-refractivity contribution in [1.82, 2.24) is 0 Å². The highest BCUT2D eigenvalue weighted by molar-refractivity contribution is 5.16. The first-order valence-electron chi connectivity index (χ1n) is 14.0. The monoisotopic (exact) mass is 538 g/mol. The Kier molecular flexibility index (Phi) is 10.5. The maximum Gasteiger partial charge on any atom is 0.115 e. The third kappa shape index (κ3) is 8.10. The Morgan fingerprint density at radius 2 is 0.850 bits per heavy atom. The van der Waals surface area contributed by atoms with Gasteiger partial charge in [-0.05, 0) is 29.2 Å². The minimum atomic E-state index is -0.392. The van der Waals surface area contributed by atoms with E-state index in [9.17, 15) is 0 Å². The first kappa shape index (κ1) is 28.2. The standard InChI is InChI=1S/C35H38O5/c1-27-33(37-23-29-16-8-3-9-17-29)35(39-25-31-20-12-5-13-21-31)34(38-24-30-18-10-4-11-19-30)32(40-27)26-36-22-28-14-6-2-7-15-28/h2-21,27,32-35H,22-26H2,1H3/t27?,32?,33-,34-,35?/m1/s1. The third-order valence-corrected chi connectivity index (χ3v) is 7.12. The molecule has 1 aliphatic heterocycles. The summed E-state index contributed by atoms with van der Waals surface area (Å²) in [5.74, 6) is 0. The van der Waals surface area contributed by atoms with Crippen molar-refractivity contribution in [2.75, 3.05) is 6.61 Å². The summed E-state index contributed by atoms with van der Waals surface area (Å²) >= 11 is 0. The fraction of sp³-hybridized carbons (Fsp3) is 0.314. The molecule has 0 aliphatic carbocycles. The van der Waals surface area contributed by atoms with E-state index in [4.69, 9.17) is 23.7 Å². The van der Waals surface area contributed by atoms with Gasteiger partial charge in [0.05, 0.1) is 39.1 Å². The Balaban J connectivity index is 1.36. The van der Waals surface area contributed by atoms with Gasteiger partial charge < -0.3 is 23.7 Å². The number of ether oxygens (including phenoxy) is 5. The van der Waals surface area contributed by atoms with E-state index in [0.717, 1.165) is 22.3 Å². The summed E-state index contributed by atoms with van der Waals surface area (Å²) < 4.78 is 32.5. The smallest absolute Gasteiger partial charge is 0.115 e. The second-order valence-electron chi connectivity index (χ2n) is 10.2. The number of hydrogen-bond acceptors (Lipinski definition) is 5. The van der Waals surface area contributed by atoms with E-state index < -0.39 is 6.10 Å². The Bertz CT molecular complexity index is 1240. The predicted molar refractivity (Wildman–Crippen MR) is 155 cm³/mol. The largest absolute Gasteiger partial charge is 0.374 e. The zero-order chi connectivity index (χ0) is 27.4. The first-order chi connectivity index (χ1) is 19.8. The molecule has 0 bridgehead atoms. The predicted octanol–water partition coefficient (Wildman–Crippen LogP) is 6.75. The van der Waals surface area contributed by atoms with Crippen LogP contribution >= 0.6 is 0 Å². The quantitative estimate of drug-likeness (QED) is 0.189. The molecule has 5 heteroatoms. The normalized spacial score (nSPS) is 22.7. The average molecular weight is 539 g/mol. The summed E-state index contributed by atoms with van der Waals surface area (Å²) in [6, 6.07) is 40.8. The molecule has 208 valence electrons. The van der Waals surface area contributed by atoms with Crippen LogP contribution in [0, 0.1) is 0 Å². The molecule has 4 aromatic rings. The second-order valence-corrected chi connectivity index (χ2v) is 10.2. The molecule has 3 unspecified atom stereocenters. The molecule has 0 amide bonds. The highest BCUT2D eigenvalue weighted by Gasteiger charge is 2.46. The molecule has 0 N–H and O–H groups in total. The molecule has 0 spiro atoms. The molecule has 0 aromatic heterocycles. The van der Waals surface area contributed by atoms with E-state index in [2.05, 4.69) is 48.5 Å². The van der Waals surface area contributed by atoms with E-state index in [0.29, 0.717) is 33.0 Å². The van der Waals surface area contributed by atoms with Crippen LogP contribution in [-0.2, 0) is 50.1 Å². The van der Waals surface area contributed by atoms with Crippen LogP contribution in [0.1, 0.15) is 29.2 Å². The summed E-state index contributed by atoms with van der Waals surface area (Å²) in [5, 5.41) is 0. The van der Waals surface area contributed by atoms with Gasteiger partial charge in [0.15, 0.2) is 0 Å². The Morgan fingerprint density at radius 1 is 0.475 bits per heavy atom. The van der Waals surface area contributed by atoms with Gasteiger partial charge in [-0.1, -0.05) is 121 Å². The van der Waals surface area contributed by atoms with Gasteiger partial charge in [-0.2, -0.15) is 0 Å². The summed E-state index contributed by atoms with van der Waals surface area (Å²) in [6.07, 6.45) is -1.61. The van der Waals surface area contributed by atoms with Crippen molar-refractivity contribution in [2.24, 2.45) is 0 Å². The van der Waals surface area contributed by atoms with Crippen LogP contribution in [0.5, 0.6) is 0 Å². The van der Waals surface area contributed by atoms with Crippen molar-refractivity contribution in [2.45, 2.75) is 63.9 Å². The fourth-order valence-electron chi connectivity index (χ4n) is 5.02. The van der Waals surface area contributed by atoms with Crippen LogP contribution in [0.15, 0.2) is 121 Å². The van der Waals surface area contributed by atoms with Gasteiger partial charge in [-0.3, -0.25) is 0 Å². The molecule has 5 atom stereocenters. The van der Waals surface area contributed by atoms with Gasteiger partial charge in [0.25, 0.3) is 0 Å². The molecule has 1 fully saturated rings. The molecule has 5 rings (SSSR count). The lowest BCUT2D eigenvalue weighted by Crippen LogP contribution is -2.60. The van der Waals surface area contributed by atoms with Gasteiger partial charge in [-0.25, -0.2) is 0 Å². The lowest BCUT2D eigenvalue weighted by molar-refractivity contribution is -0.269. The zero-order valence-electron chi connectivity index (χ0n) is 23.0. The summed E-state index contributed by atoms with van der Waals surface area (Å²) in [7, 11) is 0. The van der Waals surface area contributed by atoms with E-state index in [1.54, 1.807) is 0 Å². The summed E-state index contributed by atoms with van der Waals surface area (Å²) in [5.41, 5.74) is 4.41. The van der Waals surface area contributed by atoms with Crippen LogP contribution in [-0.4, -0.2) is 37.1 Å². The van der Waals surface area contributed by atoms with Crippen LogP contribution < -0.4 is 0 Å². The van der Waals surface area contributed by atoms with Crippen molar-refractivity contribution < 1.29 is 23.7 Å². The van der Waals surface area contributed by atoms with Crippen molar-refractivity contribution >= 4 is 0 Å². The Labute approximate surface area is 237 Å². The van der Waals surface area contributed by atoms with Gasteiger partial charge in [-0.15, -0.1) is 0 Å². The van der Waals surface area contributed by atoms with Gasteiger partial charge >= 0.3 is 0 Å². The number of benzene rings is 4.